The van der Waals surface area contributed by atoms with Crippen LogP contribution in [0.3, 0.4) is 0 Å². The van der Waals surface area contributed by atoms with Crippen molar-refractivity contribution < 1.29 is 19.1 Å². The fourth-order valence-corrected chi connectivity index (χ4v) is 4.89. The highest BCUT2D eigenvalue weighted by atomic mass is 79.9. The minimum Gasteiger partial charge on any atom is -0.496 e. The summed E-state index contributed by atoms with van der Waals surface area (Å²) in [5, 5.41) is 4.15. The maximum atomic E-state index is 12.6. The van der Waals surface area contributed by atoms with Crippen LogP contribution in [0.1, 0.15) is 48.0 Å². The number of nitrogens with one attached hydrogen (secondary N) is 1. The molecule has 2 aromatic carbocycles. The molecule has 0 atom stereocenters. The number of halogens is 1. The summed E-state index contributed by atoms with van der Waals surface area (Å²) >= 11 is 3.60. The van der Waals surface area contributed by atoms with E-state index in [0.29, 0.717) is 30.2 Å². The first-order valence-corrected chi connectivity index (χ1v) is 11.6. The van der Waals surface area contributed by atoms with Crippen LogP contribution in [0.25, 0.3) is 10.9 Å². The first-order chi connectivity index (χ1) is 15.5. The molecule has 0 unspecified atom stereocenters. The topological polar surface area (TPSA) is 69.6 Å². The molecule has 0 radical (unpaired) electrons. The lowest BCUT2D eigenvalue weighted by Crippen LogP contribution is -2.15. The van der Waals surface area contributed by atoms with E-state index in [9.17, 15) is 9.59 Å². The molecule has 0 bridgehead atoms. The number of fused-ring (bicyclic) bond motifs is 1. The molecule has 1 heterocycles. The van der Waals surface area contributed by atoms with Gasteiger partial charge in [-0.1, -0.05) is 18.9 Å². The molecule has 1 aliphatic carbocycles. The van der Waals surface area contributed by atoms with Gasteiger partial charge in [-0.3, -0.25) is 4.79 Å². The second-order valence-electron chi connectivity index (χ2n) is 8.26. The van der Waals surface area contributed by atoms with E-state index >= 15 is 0 Å². The normalized spacial score (nSPS) is 14.0. The van der Waals surface area contributed by atoms with Crippen molar-refractivity contribution in [1.29, 1.82) is 0 Å². The lowest BCUT2D eigenvalue weighted by Gasteiger charge is -2.14. The Bertz CT molecular complexity index is 1150. The Hall–Kier alpha value is -2.80. The Morgan fingerprint density at radius 2 is 1.91 bits per heavy atom. The van der Waals surface area contributed by atoms with Gasteiger partial charge in [-0.05, 0) is 65.0 Å². The quantitative estimate of drug-likeness (QED) is 0.420. The van der Waals surface area contributed by atoms with Gasteiger partial charge in [0.15, 0.2) is 0 Å². The summed E-state index contributed by atoms with van der Waals surface area (Å²) in [6.07, 6.45) is 7.33. The molecule has 1 aliphatic rings. The average molecular weight is 499 g/mol. The number of esters is 1. The van der Waals surface area contributed by atoms with Crippen LogP contribution in [0, 0.1) is 5.92 Å². The van der Waals surface area contributed by atoms with Crippen molar-refractivity contribution in [3.63, 3.8) is 0 Å². The molecule has 0 spiro atoms. The molecule has 1 fully saturated rings. The maximum Gasteiger partial charge on any atom is 0.337 e. The zero-order valence-corrected chi connectivity index (χ0v) is 19.9. The van der Waals surface area contributed by atoms with Crippen LogP contribution in [0.15, 0.2) is 47.1 Å². The molecule has 1 N–H and O–H groups in total. The number of carbonyl (C=O) groups is 2. The van der Waals surface area contributed by atoms with E-state index < -0.39 is 5.97 Å². The third kappa shape index (κ3) is 4.83. The molecular weight excluding hydrogens is 472 g/mol. The third-order valence-corrected chi connectivity index (χ3v) is 6.79. The van der Waals surface area contributed by atoms with Crippen molar-refractivity contribution in [1.82, 2.24) is 4.57 Å². The number of ether oxygens (including phenoxy) is 2. The highest BCUT2D eigenvalue weighted by Crippen LogP contribution is 2.32. The van der Waals surface area contributed by atoms with Gasteiger partial charge in [0.1, 0.15) is 5.75 Å². The fourth-order valence-electron chi connectivity index (χ4n) is 4.43. The first kappa shape index (κ1) is 22.4. The molecule has 3 aromatic rings. The average Bonchev–Trinajstić information content (AvgIpc) is 3.43. The van der Waals surface area contributed by atoms with Gasteiger partial charge < -0.3 is 19.4 Å². The van der Waals surface area contributed by atoms with E-state index in [0.717, 1.165) is 39.5 Å². The number of hydrogen-bond donors (Lipinski definition) is 1. The van der Waals surface area contributed by atoms with E-state index in [2.05, 4.69) is 25.8 Å². The van der Waals surface area contributed by atoms with E-state index in [4.69, 9.17) is 9.47 Å². The minimum atomic E-state index is -0.399. The number of nitrogens with zero attached hydrogens (tertiary/aromatic N) is 1. The molecule has 6 nitrogen and oxygen atoms in total. The van der Waals surface area contributed by atoms with Gasteiger partial charge >= 0.3 is 5.97 Å². The summed E-state index contributed by atoms with van der Waals surface area (Å²) in [4.78, 5) is 24.4. The Labute approximate surface area is 196 Å². The van der Waals surface area contributed by atoms with Gasteiger partial charge in [-0.15, -0.1) is 0 Å². The van der Waals surface area contributed by atoms with Crippen LogP contribution < -0.4 is 10.1 Å². The highest BCUT2D eigenvalue weighted by molar-refractivity contribution is 9.10. The van der Waals surface area contributed by atoms with Crippen LogP contribution in [-0.2, 0) is 16.1 Å². The molecular formula is C25H27BrN2O4. The van der Waals surface area contributed by atoms with Crippen molar-refractivity contribution >= 4 is 44.4 Å². The molecule has 1 saturated carbocycles. The summed E-state index contributed by atoms with van der Waals surface area (Å²) in [5.41, 5.74) is 3.16. The number of benzene rings is 2. The monoisotopic (exact) mass is 498 g/mol. The smallest absolute Gasteiger partial charge is 0.337 e. The van der Waals surface area contributed by atoms with Gasteiger partial charge in [0, 0.05) is 28.0 Å². The second kappa shape index (κ2) is 9.77. The van der Waals surface area contributed by atoms with Crippen molar-refractivity contribution in [2.75, 3.05) is 19.5 Å². The summed E-state index contributed by atoms with van der Waals surface area (Å²) in [5.74, 6) is 0.790. The van der Waals surface area contributed by atoms with Gasteiger partial charge in [0.05, 0.1) is 37.5 Å². The van der Waals surface area contributed by atoms with Crippen LogP contribution in [-0.4, -0.2) is 30.7 Å². The highest BCUT2D eigenvalue weighted by Gasteiger charge is 2.19. The first-order valence-electron chi connectivity index (χ1n) is 10.8. The van der Waals surface area contributed by atoms with Crippen molar-refractivity contribution in [2.45, 2.75) is 38.6 Å². The summed E-state index contributed by atoms with van der Waals surface area (Å²) in [6, 6.07) is 11.4. The molecule has 1 amide bonds. The third-order valence-electron chi connectivity index (χ3n) is 6.13. The largest absolute Gasteiger partial charge is 0.496 e. The number of hydrogen-bond acceptors (Lipinski definition) is 4. The van der Waals surface area contributed by atoms with Gasteiger partial charge in [-0.25, -0.2) is 4.79 Å². The lowest BCUT2D eigenvalue weighted by atomic mass is 10.0. The zero-order valence-electron chi connectivity index (χ0n) is 18.3. The van der Waals surface area contributed by atoms with Crippen LogP contribution in [0.4, 0.5) is 5.69 Å². The van der Waals surface area contributed by atoms with E-state index in [1.807, 2.05) is 30.5 Å². The SMILES string of the molecule is COC(=O)c1ccc(Cn2ccc3cc(Br)c(NC(=O)CC4CCCC4)cc32)c(OC)c1. The second-order valence-corrected chi connectivity index (χ2v) is 9.11. The molecule has 168 valence electrons. The fraction of sp³-hybridized carbons (Fsp3) is 0.360. The van der Waals surface area contributed by atoms with Crippen LogP contribution in [0.5, 0.6) is 5.75 Å². The maximum absolute atomic E-state index is 12.6. The molecule has 0 saturated heterocycles. The Morgan fingerprint density at radius 1 is 1.12 bits per heavy atom. The number of anilines is 1. The van der Waals surface area contributed by atoms with E-state index in [1.54, 1.807) is 19.2 Å². The number of methoxy groups -OCH3 is 2. The Balaban J connectivity index is 1.58. The van der Waals surface area contributed by atoms with E-state index in [1.165, 1.54) is 20.0 Å². The molecule has 4 rings (SSSR count). The van der Waals surface area contributed by atoms with Gasteiger partial charge in [0.2, 0.25) is 5.91 Å². The van der Waals surface area contributed by atoms with Gasteiger partial charge in [0.25, 0.3) is 0 Å². The molecule has 7 heteroatoms. The van der Waals surface area contributed by atoms with Crippen molar-refractivity contribution in [3.05, 3.63) is 58.2 Å². The standard InChI is InChI=1S/C25H27BrN2O4/c1-31-23-13-18(25(30)32-2)7-8-19(23)15-28-10-9-17-12-20(26)21(14-22(17)28)27-24(29)11-16-5-3-4-6-16/h7-10,12-14,16H,3-6,11,15H2,1-2H3,(H,27,29). The lowest BCUT2D eigenvalue weighted by molar-refractivity contribution is -0.117. The molecule has 32 heavy (non-hydrogen) atoms. The van der Waals surface area contributed by atoms with Crippen LogP contribution >= 0.6 is 15.9 Å². The number of rotatable bonds is 7. The number of aromatic nitrogens is 1. The van der Waals surface area contributed by atoms with Crippen molar-refractivity contribution in [3.8, 4) is 5.75 Å². The van der Waals surface area contributed by atoms with Gasteiger partial charge in [-0.2, -0.15) is 0 Å². The Morgan fingerprint density at radius 3 is 2.62 bits per heavy atom. The number of carbonyl (C=O) groups excluding carboxylic acids is 2. The van der Waals surface area contributed by atoms with Crippen molar-refractivity contribution in [2.24, 2.45) is 5.92 Å². The summed E-state index contributed by atoms with van der Waals surface area (Å²) in [6.45, 7) is 0.561. The zero-order chi connectivity index (χ0) is 22.7. The predicted octanol–water partition coefficient (Wildman–Crippen LogP) is 5.77. The molecule has 0 aliphatic heterocycles. The predicted molar refractivity (Wildman–Crippen MR) is 128 cm³/mol. The summed E-state index contributed by atoms with van der Waals surface area (Å²) < 4.78 is 13.3. The Kier molecular flexibility index (Phi) is 6.84. The minimum absolute atomic E-state index is 0.0649. The molecule has 1 aromatic heterocycles. The summed E-state index contributed by atoms with van der Waals surface area (Å²) in [7, 11) is 2.94. The number of amides is 1. The van der Waals surface area contributed by atoms with Crippen LogP contribution in [0.2, 0.25) is 0 Å². The van der Waals surface area contributed by atoms with E-state index in [-0.39, 0.29) is 5.91 Å².